The summed E-state index contributed by atoms with van der Waals surface area (Å²) < 4.78 is 5.41. The van der Waals surface area contributed by atoms with Gasteiger partial charge >= 0.3 is 0 Å². The van der Waals surface area contributed by atoms with Crippen LogP contribution in [0.15, 0.2) is 47.6 Å². The number of anilines is 1. The van der Waals surface area contributed by atoms with E-state index in [2.05, 4.69) is 10.4 Å². The second-order valence-corrected chi connectivity index (χ2v) is 7.03. The lowest BCUT2D eigenvalue weighted by Gasteiger charge is -2.24. The molecule has 0 spiro atoms. The minimum Gasteiger partial charge on any atom is -0.496 e. The number of hydrogen-bond donors (Lipinski definition) is 1. The maximum atomic E-state index is 12.8. The number of benzene rings is 2. The van der Waals surface area contributed by atoms with Crippen LogP contribution in [0.5, 0.6) is 5.75 Å². The molecule has 2 amide bonds. The lowest BCUT2D eigenvalue weighted by atomic mass is 10.0. The molecule has 1 N–H and O–H groups in total. The van der Waals surface area contributed by atoms with E-state index in [0.29, 0.717) is 17.8 Å². The Morgan fingerprint density at radius 1 is 1.14 bits per heavy atom. The highest BCUT2D eigenvalue weighted by Gasteiger charge is 2.27. The number of amides is 2. The zero-order valence-electron chi connectivity index (χ0n) is 16.7. The number of ether oxygens (including phenoxy) is 1. The van der Waals surface area contributed by atoms with Crippen LogP contribution >= 0.6 is 0 Å². The number of nitrogens with one attached hydrogen (secondary N) is 1. The van der Waals surface area contributed by atoms with Crippen molar-refractivity contribution in [3.63, 3.8) is 0 Å². The van der Waals surface area contributed by atoms with Crippen LogP contribution in [0.2, 0.25) is 0 Å². The smallest absolute Gasteiger partial charge is 0.267 e. The molecular weight excluding hydrogens is 354 g/mol. The number of hydrazone groups is 1. The second kappa shape index (κ2) is 8.25. The van der Waals surface area contributed by atoms with Crippen molar-refractivity contribution in [3.05, 3.63) is 59.2 Å². The van der Waals surface area contributed by atoms with Gasteiger partial charge in [-0.2, -0.15) is 5.10 Å². The van der Waals surface area contributed by atoms with E-state index >= 15 is 0 Å². The Hall–Kier alpha value is -3.15. The van der Waals surface area contributed by atoms with Crippen molar-refractivity contribution in [2.75, 3.05) is 12.1 Å². The van der Waals surface area contributed by atoms with E-state index in [4.69, 9.17) is 4.74 Å². The number of carbonyl (C=O) groups excluding carboxylic acids is 2. The molecule has 0 aliphatic carbocycles. The second-order valence-electron chi connectivity index (χ2n) is 7.03. The third-order valence-electron chi connectivity index (χ3n) is 4.74. The van der Waals surface area contributed by atoms with Crippen molar-refractivity contribution in [2.24, 2.45) is 5.10 Å². The molecule has 2 aromatic carbocycles. The van der Waals surface area contributed by atoms with E-state index in [1.165, 1.54) is 5.01 Å². The quantitative estimate of drug-likeness (QED) is 0.862. The standard InChI is InChI=1S/C22H25N3O3/c1-14-6-5-7-17(12-14)25-21(26)11-9-19(24-25)22(27)23-16(3)18-13-15(2)8-10-20(18)28-4/h5-8,10,12-13,16H,9,11H2,1-4H3,(H,23,27). The molecule has 1 heterocycles. The zero-order valence-corrected chi connectivity index (χ0v) is 16.7. The van der Waals surface area contributed by atoms with E-state index in [9.17, 15) is 9.59 Å². The summed E-state index contributed by atoms with van der Waals surface area (Å²) >= 11 is 0. The Kier molecular flexibility index (Phi) is 5.78. The van der Waals surface area contributed by atoms with Crippen LogP contribution in [0.4, 0.5) is 5.69 Å². The summed E-state index contributed by atoms with van der Waals surface area (Å²) in [6.07, 6.45) is 0.576. The molecule has 1 aliphatic heterocycles. The van der Waals surface area contributed by atoms with Gasteiger partial charge in [-0.15, -0.1) is 0 Å². The van der Waals surface area contributed by atoms with Crippen molar-refractivity contribution in [1.82, 2.24) is 5.32 Å². The fraction of sp³-hybridized carbons (Fsp3) is 0.318. The van der Waals surface area contributed by atoms with Crippen LogP contribution in [-0.2, 0) is 9.59 Å². The van der Waals surface area contributed by atoms with Crippen molar-refractivity contribution in [3.8, 4) is 5.75 Å². The van der Waals surface area contributed by atoms with Crippen molar-refractivity contribution in [1.29, 1.82) is 0 Å². The molecule has 28 heavy (non-hydrogen) atoms. The van der Waals surface area contributed by atoms with Crippen molar-refractivity contribution >= 4 is 23.2 Å². The van der Waals surface area contributed by atoms with Crippen LogP contribution in [0.1, 0.15) is 42.5 Å². The highest BCUT2D eigenvalue weighted by molar-refractivity contribution is 6.40. The number of rotatable bonds is 5. The molecule has 1 unspecified atom stereocenters. The number of nitrogens with zero attached hydrogens (tertiary/aromatic N) is 2. The first-order valence-electron chi connectivity index (χ1n) is 9.31. The average molecular weight is 379 g/mol. The van der Waals surface area contributed by atoms with Crippen LogP contribution in [0.25, 0.3) is 0 Å². The molecule has 6 nitrogen and oxygen atoms in total. The minimum absolute atomic E-state index is 0.115. The molecule has 6 heteroatoms. The topological polar surface area (TPSA) is 71.0 Å². The maximum Gasteiger partial charge on any atom is 0.267 e. The highest BCUT2D eigenvalue weighted by Crippen LogP contribution is 2.26. The van der Waals surface area contributed by atoms with Gasteiger partial charge in [0.1, 0.15) is 11.5 Å². The number of methoxy groups -OCH3 is 1. The third kappa shape index (κ3) is 4.22. The van der Waals surface area contributed by atoms with Gasteiger partial charge in [-0.25, -0.2) is 5.01 Å². The van der Waals surface area contributed by atoms with Gasteiger partial charge in [-0.1, -0.05) is 29.8 Å². The van der Waals surface area contributed by atoms with Gasteiger partial charge < -0.3 is 10.1 Å². The molecule has 0 saturated carbocycles. The summed E-state index contributed by atoms with van der Waals surface area (Å²) in [5.41, 5.74) is 4.03. The average Bonchev–Trinajstić information content (AvgIpc) is 2.68. The van der Waals surface area contributed by atoms with Crippen LogP contribution < -0.4 is 15.1 Å². The first-order valence-corrected chi connectivity index (χ1v) is 9.31. The Bertz CT molecular complexity index is 936. The molecular formula is C22H25N3O3. The van der Waals surface area contributed by atoms with Gasteiger partial charge in [0.25, 0.3) is 5.91 Å². The molecule has 0 fully saturated rings. The van der Waals surface area contributed by atoms with Gasteiger partial charge in [0, 0.05) is 18.4 Å². The predicted octanol–water partition coefficient (Wildman–Crippen LogP) is 3.67. The Balaban J connectivity index is 1.81. The van der Waals surface area contributed by atoms with Crippen LogP contribution in [0, 0.1) is 13.8 Å². The highest BCUT2D eigenvalue weighted by atomic mass is 16.5. The monoisotopic (exact) mass is 379 g/mol. The summed E-state index contributed by atoms with van der Waals surface area (Å²) in [6.45, 7) is 5.85. The number of carbonyl (C=O) groups is 2. The molecule has 3 rings (SSSR count). The first kappa shape index (κ1) is 19.6. The molecule has 2 aromatic rings. The van der Waals surface area contributed by atoms with Gasteiger partial charge in [0.05, 0.1) is 18.8 Å². The van der Waals surface area contributed by atoms with Gasteiger partial charge in [-0.05, 0) is 44.5 Å². The lowest BCUT2D eigenvalue weighted by molar-refractivity contribution is -0.119. The minimum atomic E-state index is -0.277. The SMILES string of the molecule is COc1ccc(C)cc1C(C)NC(=O)C1=NN(c2cccc(C)c2)C(=O)CC1. The van der Waals surface area contributed by atoms with Gasteiger partial charge in [-0.3, -0.25) is 9.59 Å². The van der Waals surface area contributed by atoms with E-state index in [-0.39, 0.29) is 24.3 Å². The number of hydrogen-bond acceptors (Lipinski definition) is 4. The Morgan fingerprint density at radius 3 is 2.61 bits per heavy atom. The summed E-state index contributed by atoms with van der Waals surface area (Å²) in [5.74, 6) is 0.331. The van der Waals surface area contributed by atoms with Gasteiger partial charge in [0.2, 0.25) is 5.91 Å². The fourth-order valence-corrected chi connectivity index (χ4v) is 3.23. The molecule has 0 radical (unpaired) electrons. The van der Waals surface area contributed by atoms with Crippen molar-refractivity contribution in [2.45, 2.75) is 39.7 Å². The summed E-state index contributed by atoms with van der Waals surface area (Å²) in [7, 11) is 1.61. The summed E-state index contributed by atoms with van der Waals surface area (Å²) in [5, 5.41) is 8.64. The van der Waals surface area contributed by atoms with Gasteiger partial charge in [0.15, 0.2) is 0 Å². The third-order valence-corrected chi connectivity index (χ3v) is 4.74. The van der Waals surface area contributed by atoms with E-state index in [1.807, 2.05) is 63.2 Å². The molecule has 0 aromatic heterocycles. The molecule has 146 valence electrons. The summed E-state index contributed by atoms with van der Waals surface area (Å²) in [6, 6.07) is 13.1. The zero-order chi connectivity index (χ0) is 20.3. The molecule has 1 atom stereocenters. The first-order chi connectivity index (χ1) is 13.4. The molecule has 1 aliphatic rings. The lowest BCUT2D eigenvalue weighted by Crippen LogP contribution is -2.40. The van der Waals surface area contributed by atoms with E-state index in [0.717, 1.165) is 22.4 Å². The van der Waals surface area contributed by atoms with E-state index in [1.54, 1.807) is 7.11 Å². The Morgan fingerprint density at radius 2 is 1.89 bits per heavy atom. The van der Waals surface area contributed by atoms with Crippen LogP contribution in [0.3, 0.4) is 0 Å². The maximum absolute atomic E-state index is 12.8. The van der Waals surface area contributed by atoms with Crippen molar-refractivity contribution < 1.29 is 14.3 Å². The molecule has 0 bridgehead atoms. The normalized spacial score (nSPS) is 15.1. The van der Waals surface area contributed by atoms with Crippen LogP contribution in [-0.4, -0.2) is 24.6 Å². The fourth-order valence-electron chi connectivity index (χ4n) is 3.23. The molecule has 0 saturated heterocycles. The van der Waals surface area contributed by atoms with E-state index < -0.39 is 0 Å². The summed E-state index contributed by atoms with van der Waals surface area (Å²) in [4.78, 5) is 25.1. The largest absolute Gasteiger partial charge is 0.496 e. The number of aryl methyl sites for hydroxylation is 2. The predicted molar refractivity (Wildman–Crippen MR) is 110 cm³/mol. The Labute approximate surface area is 165 Å².